The molecule has 8 nitrogen and oxygen atoms in total. The Morgan fingerprint density at radius 3 is 2.74 bits per heavy atom. The lowest BCUT2D eigenvalue weighted by Crippen LogP contribution is -2.41. The van der Waals surface area contributed by atoms with Gasteiger partial charge >= 0.3 is 0 Å². The molecule has 1 aliphatic carbocycles. The predicted molar refractivity (Wildman–Crippen MR) is 131 cm³/mol. The lowest BCUT2D eigenvalue weighted by Gasteiger charge is -2.38. The number of nitrogens with one attached hydrogen (secondary N) is 1. The van der Waals surface area contributed by atoms with E-state index in [1.807, 2.05) is 16.8 Å². The van der Waals surface area contributed by atoms with E-state index in [0.717, 1.165) is 54.6 Å². The van der Waals surface area contributed by atoms with Crippen LogP contribution in [0.5, 0.6) is 0 Å². The molecule has 0 bridgehead atoms. The zero-order valence-electron chi connectivity index (χ0n) is 20.5. The van der Waals surface area contributed by atoms with Crippen LogP contribution in [0.4, 0.5) is 0 Å². The number of benzene rings is 1. The number of aryl methyl sites for hydroxylation is 1. The van der Waals surface area contributed by atoms with Gasteiger partial charge in [0.15, 0.2) is 5.82 Å². The van der Waals surface area contributed by atoms with Crippen LogP contribution in [0.3, 0.4) is 0 Å². The molecule has 1 N–H and O–H groups in total. The minimum Gasteiger partial charge on any atom is -0.376 e. The van der Waals surface area contributed by atoms with Crippen LogP contribution in [-0.2, 0) is 17.8 Å². The first kappa shape index (κ1) is 23.2. The zero-order chi connectivity index (χ0) is 23.7. The number of hydrogen-bond acceptors (Lipinski definition) is 6. The average molecular weight is 465 g/mol. The van der Waals surface area contributed by atoms with Crippen molar-refractivity contribution in [2.75, 3.05) is 6.61 Å². The van der Waals surface area contributed by atoms with Gasteiger partial charge in [-0.05, 0) is 72.5 Å². The first-order chi connectivity index (χ1) is 16.5. The van der Waals surface area contributed by atoms with E-state index < -0.39 is 0 Å². The van der Waals surface area contributed by atoms with E-state index in [2.05, 4.69) is 58.3 Å². The van der Waals surface area contributed by atoms with Gasteiger partial charge in [0.2, 0.25) is 0 Å². The molecular formula is C26H36N6O2. The van der Waals surface area contributed by atoms with Crippen molar-refractivity contribution < 1.29 is 4.74 Å². The second-order valence-corrected chi connectivity index (χ2v) is 10.4. The summed E-state index contributed by atoms with van der Waals surface area (Å²) in [7, 11) is 0. The van der Waals surface area contributed by atoms with Crippen molar-refractivity contribution in [3.63, 3.8) is 0 Å². The summed E-state index contributed by atoms with van der Waals surface area (Å²) >= 11 is 0. The Balaban J connectivity index is 1.51. The number of nitrogens with zero attached hydrogens (tertiary/aromatic N) is 5. The van der Waals surface area contributed by atoms with Crippen molar-refractivity contribution in [1.29, 1.82) is 0 Å². The van der Waals surface area contributed by atoms with Crippen LogP contribution < -0.4 is 5.56 Å². The van der Waals surface area contributed by atoms with E-state index in [9.17, 15) is 4.79 Å². The van der Waals surface area contributed by atoms with Gasteiger partial charge < -0.3 is 9.72 Å². The largest absolute Gasteiger partial charge is 0.376 e. The van der Waals surface area contributed by atoms with Crippen molar-refractivity contribution in [2.24, 2.45) is 5.92 Å². The van der Waals surface area contributed by atoms with Crippen molar-refractivity contribution in [1.82, 2.24) is 30.1 Å². The van der Waals surface area contributed by atoms with Crippen LogP contribution in [0.1, 0.15) is 75.4 Å². The van der Waals surface area contributed by atoms with E-state index in [0.29, 0.717) is 19.1 Å². The Morgan fingerprint density at radius 1 is 1.18 bits per heavy atom. The monoisotopic (exact) mass is 464 g/mol. The van der Waals surface area contributed by atoms with Crippen LogP contribution in [0, 0.1) is 12.8 Å². The van der Waals surface area contributed by atoms with Crippen molar-refractivity contribution >= 4 is 10.9 Å². The smallest absolute Gasteiger partial charge is 0.252 e. The molecule has 34 heavy (non-hydrogen) atoms. The molecule has 3 heterocycles. The van der Waals surface area contributed by atoms with Crippen LogP contribution in [0.2, 0.25) is 0 Å². The number of aromatic amines is 1. The number of aromatic nitrogens is 5. The third-order valence-corrected chi connectivity index (χ3v) is 7.44. The van der Waals surface area contributed by atoms with Crippen LogP contribution in [-0.4, -0.2) is 48.8 Å². The van der Waals surface area contributed by atoms with E-state index in [1.54, 1.807) is 0 Å². The second kappa shape index (κ2) is 9.96. The average Bonchev–Trinajstić information content (AvgIpc) is 3.58. The molecule has 1 saturated carbocycles. The molecule has 1 saturated heterocycles. The predicted octanol–water partition coefficient (Wildman–Crippen LogP) is 4.14. The van der Waals surface area contributed by atoms with Gasteiger partial charge in [0.05, 0.1) is 18.7 Å². The Kier molecular flexibility index (Phi) is 6.79. The van der Waals surface area contributed by atoms with E-state index in [1.165, 1.54) is 18.4 Å². The molecule has 2 atom stereocenters. The fourth-order valence-corrected chi connectivity index (χ4v) is 5.74. The summed E-state index contributed by atoms with van der Waals surface area (Å²) in [6.07, 6.45) is 7.03. The van der Waals surface area contributed by atoms with Crippen molar-refractivity contribution in [3.05, 3.63) is 51.6 Å². The van der Waals surface area contributed by atoms with Gasteiger partial charge in [0, 0.05) is 30.3 Å². The van der Waals surface area contributed by atoms with Gasteiger partial charge in [-0.2, -0.15) is 0 Å². The summed E-state index contributed by atoms with van der Waals surface area (Å²) in [5.74, 6) is 1.17. The number of H-pyrrole nitrogens is 1. The van der Waals surface area contributed by atoms with Crippen molar-refractivity contribution in [3.8, 4) is 0 Å². The first-order valence-corrected chi connectivity index (χ1v) is 12.8. The summed E-state index contributed by atoms with van der Waals surface area (Å²) < 4.78 is 7.81. The highest BCUT2D eigenvalue weighted by atomic mass is 16.5. The van der Waals surface area contributed by atoms with Crippen LogP contribution in [0.25, 0.3) is 10.9 Å². The van der Waals surface area contributed by atoms with Gasteiger partial charge in [0.1, 0.15) is 0 Å². The summed E-state index contributed by atoms with van der Waals surface area (Å²) in [6.45, 7) is 8.61. The third-order valence-electron chi connectivity index (χ3n) is 7.44. The van der Waals surface area contributed by atoms with E-state index >= 15 is 0 Å². The Morgan fingerprint density at radius 2 is 2.00 bits per heavy atom. The highest BCUT2D eigenvalue weighted by Gasteiger charge is 2.36. The summed E-state index contributed by atoms with van der Waals surface area (Å²) in [4.78, 5) is 18.7. The molecule has 0 radical (unpaired) electrons. The maximum absolute atomic E-state index is 13.1. The van der Waals surface area contributed by atoms with Crippen molar-refractivity contribution in [2.45, 2.75) is 90.6 Å². The minimum atomic E-state index is -0.0131. The highest BCUT2D eigenvalue weighted by Crippen LogP contribution is 2.36. The Bertz CT molecular complexity index is 1170. The van der Waals surface area contributed by atoms with Gasteiger partial charge in [0.25, 0.3) is 5.56 Å². The normalized spacial score (nSPS) is 20.2. The fraction of sp³-hybridized carbons (Fsp3) is 0.615. The second-order valence-electron chi connectivity index (χ2n) is 10.4. The quantitative estimate of drug-likeness (QED) is 0.539. The lowest BCUT2D eigenvalue weighted by molar-refractivity contribution is 0.0718. The summed E-state index contributed by atoms with van der Waals surface area (Å²) in [5.41, 5.74) is 2.86. The number of hydrogen-bond donors (Lipinski definition) is 1. The van der Waals surface area contributed by atoms with Gasteiger partial charge in [-0.25, -0.2) is 4.68 Å². The van der Waals surface area contributed by atoms with Gasteiger partial charge in [-0.1, -0.05) is 38.3 Å². The molecule has 0 spiro atoms. The number of ether oxygens (including phenoxy) is 1. The minimum absolute atomic E-state index is 0.0131. The Hall–Kier alpha value is -2.58. The molecule has 2 aromatic heterocycles. The molecule has 1 aliphatic heterocycles. The molecule has 0 amide bonds. The van der Waals surface area contributed by atoms with E-state index in [4.69, 9.17) is 4.74 Å². The topological polar surface area (TPSA) is 88.9 Å². The number of tetrazole rings is 1. The maximum atomic E-state index is 13.1. The third kappa shape index (κ3) is 4.79. The summed E-state index contributed by atoms with van der Waals surface area (Å²) in [5, 5.41) is 14.0. The molecule has 1 aromatic carbocycles. The van der Waals surface area contributed by atoms with Crippen LogP contribution >= 0.6 is 0 Å². The highest BCUT2D eigenvalue weighted by molar-refractivity contribution is 5.79. The standard InChI is InChI=1S/C26H36N6O2/c1-17(2)24(25-28-29-30-32(25)16-22-9-6-12-34-22)31(21-7-4-5-8-21)15-20-14-19-13-18(3)10-11-23(19)27-26(20)33/h10-11,13-14,17,21-22,24H,4-9,12,15-16H2,1-3H3,(H,27,33)/t22-,24+/m1/s1. The maximum Gasteiger partial charge on any atom is 0.252 e. The molecular weight excluding hydrogens is 428 g/mol. The Labute approximate surface area is 200 Å². The number of rotatable bonds is 8. The summed E-state index contributed by atoms with van der Waals surface area (Å²) in [6, 6.07) is 8.65. The zero-order valence-corrected chi connectivity index (χ0v) is 20.5. The number of pyridine rings is 1. The fourth-order valence-electron chi connectivity index (χ4n) is 5.74. The van der Waals surface area contributed by atoms with Gasteiger partial charge in [-0.15, -0.1) is 5.10 Å². The first-order valence-electron chi connectivity index (χ1n) is 12.8. The molecule has 5 rings (SSSR count). The molecule has 2 fully saturated rings. The van der Waals surface area contributed by atoms with Gasteiger partial charge in [-0.3, -0.25) is 9.69 Å². The molecule has 2 aliphatic rings. The molecule has 182 valence electrons. The number of fused-ring (bicyclic) bond motifs is 1. The lowest BCUT2D eigenvalue weighted by atomic mass is 9.97. The SMILES string of the molecule is Cc1ccc2[nH]c(=O)c(CN(C3CCCC3)[C@H](c3nnnn3C[C@H]3CCCO3)C(C)C)cc2c1. The molecule has 8 heteroatoms. The van der Waals surface area contributed by atoms with E-state index in [-0.39, 0.29) is 23.6 Å². The van der Waals surface area contributed by atoms with Crippen LogP contribution in [0.15, 0.2) is 29.1 Å². The molecule has 0 unspecified atom stereocenters. The molecule has 3 aromatic rings.